The van der Waals surface area contributed by atoms with E-state index in [0.717, 1.165) is 0 Å². The summed E-state index contributed by atoms with van der Waals surface area (Å²) in [7, 11) is 0. The van der Waals surface area contributed by atoms with Crippen LogP contribution in [0.3, 0.4) is 0 Å². The Balaban J connectivity index is 2.52. The number of aromatic nitrogens is 2. The molecule has 0 aliphatic heterocycles. The number of nitrogens with two attached hydrogens (primary N) is 1. The summed E-state index contributed by atoms with van der Waals surface area (Å²) in [6.45, 7) is 2.10. The van der Waals surface area contributed by atoms with Crippen LogP contribution in [0.1, 0.15) is 6.92 Å². The Morgan fingerprint density at radius 2 is 2.50 bits per heavy atom. The Hall–Kier alpha value is -1.36. The van der Waals surface area contributed by atoms with Crippen LogP contribution in [0.15, 0.2) is 12.3 Å². The normalized spacial score (nSPS) is 12.5. The summed E-state index contributed by atoms with van der Waals surface area (Å²) in [5, 5.41) is 11.8. The number of aliphatic hydroxyl groups excluding tert-OH is 1. The topological polar surface area (TPSA) is 84.1 Å². The minimum absolute atomic E-state index is 0.415. The number of nitrogen functional groups attached to an aromatic ring is 1. The standard InChI is InChI=1S/C7H12N4O/c1-5(12)4-10-7-9-3-2-6(8)11-7/h2-3,5,12H,4H2,1H3,(H3,8,9,10,11). The fourth-order valence-electron chi connectivity index (χ4n) is 0.697. The van der Waals surface area contributed by atoms with Crippen LogP contribution in [0.25, 0.3) is 0 Å². The molecular formula is C7H12N4O. The number of nitrogens with one attached hydrogen (secondary N) is 1. The molecule has 0 aliphatic rings. The Labute approximate surface area is 70.6 Å². The summed E-state index contributed by atoms with van der Waals surface area (Å²) in [6.07, 6.45) is 1.14. The van der Waals surface area contributed by atoms with Crippen molar-refractivity contribution in [2.75, 3.05) is 17.6 Å². The zero-order chi connectivity index (χ0) is 8.97. The van der Waals surface area contributed by atoms with Crippen molar-refractivity contribution in [2.45, 2.75) is 13.0 Å². The van der Waals surface area contributed by atoms with Gasteiger partial charge < -0.3 is 16.2 Å². The zero-order valence-corrected chi connectivity index (χ0v) is 6.86. The molecular weight excluding hydrogens is 156 g/mol. The molecule has 0 saturated heterocycles. The van der Waals surface area contributed by atoms with Gasteiger partial charge in [0.05, 0.1) is 6.10 Å². The Morgan fingerprint density at radius 3 is 3.08 bits per heavy atom. The number of aliphatic hydroxyl groups is 1. The molecule has 0 amide bonds. The predicted molar refractivity (Wildman–Crippen MR) is 46.6 cm³/mol. The van der Waals surface area contributed by atoms with Gasteiger partial charge in [-0.3, -0.25) is 0 Å². The van der Waals surface area contributed by atoms with E-state index in [9.17, 15) is 0 Å². The molecule has 0 aromatic carbocycles. The molecule has 0 saturated carbocycles. The first-order chi connectivity index (χ1) is 5.68. The molecule has 5 heteroatoms. The summed E-state index contributed by atoms with van der Waals surface area (Å²) < 4.78 is 0. The van der Waals surface area contributed by atoms with Crippen molar-refractivity contribution < 1.29 is 5.11 Å². The highest BCUT2D eigenvalue weighted by Gasteiger charge is 1.97. The van der Waals surface area contributed by atoms with Gasteiger partial charge in [0.2, 0.25) is 5.95 Å². The second-order valence-corrected chi connectivity index (χ2v) is 2.54. The van der Waals surface area contributed by atoms with Gasteiger partial charge in [0.1, 0.15) is 5.82 Å². The molecule has 0 bridgehead atoms. The summed E-state index contributed by atoms with van der Waals surface area (Å²) in [6, 6.07) is 1.60. The van der Waals surface area contributed by atoms with Crippen molar-refractivity contribution in [3.8, 4) is 0 Å². The molecule has 1 rings (SSSR count). The maximum atomic E-state index is 8.93. The maximum Gasteiger partial charge on any atom is 0.224 e. The van der Waals surface area contributed by atoms with Gasteiger partial charge in [-0.1, -0.05) is 0 Å². The minimum Gasteiger partial charge on any atom is -0.392 e. The molecule has 1 aromatic heterocycles. The third kappa shape index (κ3) is 2.71. The van der Waals surface area contributed by atoms with Crippen LogP contribution in [0.2, 0.25) is 0 Å². The maximum absolute atomic E-state index is 8.93. The summed E-state index contributed by atoms with van der Waals surface area (Å²) in [4.78, 5) is 7.79. The number of hydrogen-bond donors (Lipinski definition) is 3. The Bertz CT molecular complexity index is 251. The lowest BCUT2D eigenvalue weighted by Gasteiger charge is -2.05. The van der Waals surface area contributed by atoms with E-state index < -0.39 is 6.10 Å². The van der Waals surface area contributed by atoms with Crippen molar-refractivity contribution >= 4 is 11.8 Å². The summed E-state index contributed by atoms with van der Waals surface area (Å²) >= 11 is 0. The third-order valence-corrected chi connectivity index (χ3v) is 1.23. The van der Waals surface area contributed by atoms with E-state index in [2.05, 4.69) is 15.3 Å². The molecule has 12 heavy (non-hydrogen) atoms. The summed E-state index contributed by atoms with van der Waals surface area (Å²) in [5.74, 6) is 0.856. The van der Waals surface area contributed by atoms with Gasteiger partial charge in [-0.25, -0.2) is 4.98 Å². The van der Waals surface area contributed by atoms with E-state index in [4.69, 9.17) is 10.8 Å². The molecule has 1 heterocycles. The Morgan fingerprint density at radius 1 is 1.75 bits per heavy atom. The van der Waals surface area contributed by atoms with E-state index in [1.165, 1.54) is 0 Å². The monoisotopic (exact) mass is 168 g/mol. The lowest BCUT2D eigenvalue weighted by molar-refractivity contribution is 0.208. The van der Waals surface area contributed by atoms with Crippen LogP contribution in [-0.4, -0.2) is 27.7 Å². The van der Waals surface area contributed by atoms with Crippen molar-refractivity contribution in [1.82, 2.24) is 9.97 Å². The largest absolute Gasteiger partial charge is 0.392 e. The second-order valence-electron chi connectivity index (χ2n) is 2.54. The Kier molecular flexibility index (Phi) is 2.82. The molecule has 5 nitrogen and oxygen atoms in total. The molecule has 1 unspecified atom stereocenters. The molecule has 66 valence electrons. The fraction of sp³-hybridized carbons (Fsp3) is 0.429. The molecule has 0 aliphatic carbocycles. The van der Waals surface area contributed by atoms with Crippen LogP contribution in [0, 0.1) is 0 Å². The predicted octanol–water partition coefficient (Wildman–Crippen LogP) is -0.149. The lowest BCUT2D eigenvalue weighted by atomic mass is 10.4. The van der Waals surface area contributed by atoms with Gasteiger partial charge in [-0.05, 0) is 13.0 Å². The lowest BCUT2D eigenvalue weighted by Crippen LogP contribution is -2.17. The van der Waals surface area contributed by atoms with Gasteiger partial charge in [-0.15, -0.1) is 0 Å². The van der Waals surface area contributed by atoms with Crippen LogP contribution in [0.5, 0.6) is 0 Å². The average Bonchev–Trinajstić information content (AvgIpc) is 2.01. The smallest absolute Gasteiger partial charge is 0.224 e. The minimum atomic E-state index is -0.421. The second kappa shape index (κ2) is 3.87. The van der Waals surface area contributed by atoms with Crippen LogP contribution >= 0.6 is 0 Å². The zero-order valence-electron chi connectivity index (χ0n) is 6.86. The highest BCUT2D eigenvalue weighted by molar-refractivity contribution is 5.34. The molecule has 0 fully saturated rings. The average molecular weight is 168 g/mol. The summed E-state index contributed by atoms with van der Waals surface area (Å²) in [5.41, 5.74) is 5.41. The van der Waals surface area contributed by atoms with Crippen molar-refractivity contribution in [3.63, 3.8) is 0 Å². The van der Waals surface area contributed by atoms with E-state index in [-0.39, 0.29) is 0 Å². The van der Waals surface area contributed by atoms with Crippen molar-refractivity contribution in [3.05, 3.63) is 12.3 Å². The third-order valence-electron chi connectivity index (χ3n) is 1.23. The first kappa shape index (κ1) is 8.73. The highest BCUT2D eigenvalue weighted by Crippen LogP contribution is 2.00. The van der Waals surface area contributed by atoms with E-state index in [1.807, 2.05) is 0 Å². The first-order valence-corrected chi connectivity index (χ1v) is 3.69. The van der Waals surface area contributed by atoms with Crippen LogP contribution in [-0.2, 0) is 0 Å². The molecule has 4 N–H and O–H groups in total. The molecule has 0 radical (unpaired) electrons. The van der Waals surface area contributed by atoms with Crippen molar-refractivity contribution in [1.29, 1.82) is 0 Å². The number of anilines is 2. The first-order valence-electron chi connectivity index (χ1n) is 3.69. The number of hydrogen-bond acceptors (Lipinski definition) is 5. The van der Waals surface area contributed by atoms with E-state index in [0.29, 0.717) is 18.3 Å². The molecule has 1 atom stereocenters. The fourth-order valence-corrected chi connectivity index (χ4v) is 0.697. The number of nitrogens with zero attached hydrogens (tertiary/aromatic N) is 2. The SMILES string of the molecule is CC(O)CNc1nccc(N)n1. The van der Waals surface area contributed by atoms with Gasteiger partial charge in [-0.2, -0.15) is 4.98 Å². The van der Waals surface area contributed by atoms with Crippen LogP contribution in [0.4, 0.5) is 11.8 Å². The van der Waals surface area contributed by atoms with Crippen molar-refractivity contribution in [2.24, 2.45) is 0 Å². The van der Waals surface area contributed by atoms with Gasteiger partial charge in [0.15, 0.2) is 0 Å². The van der Waals surface area contributed by atoms with E-state index in [1.54, 1.807) is 19.2 Å². The quantitative estimate of drug-likeness (QED) is 0.584. The molecule has 0 spiro atoms. The highest BCUT2D eigenvalue weighted by atomic mass is 16.3. The van der Waals surface area contributed by atoms with Gasteiger partial charge >= 0.3 is 0 Å². The van der Waals surface area contributed by atoms with Gasteiger partial charge in [0, 0.05) is 12.7 Å². The van der Waals surface area contributed by atoms with Gasteiger partial charge in [0.25, 0.3) is 0 Å². The number of rotatable bonds is 3. The molecule has 1 aromatic rings. The van der Waals surface area contributed by atoms with E-state index >= 15 is 0 Å². The van der Waals surface area contributed by atoms with Crippen LogP contribution < -0.4 is 11.1 Å².